The van der Waals surface area contributed by atoms with Gasteiger partial charge in [-0.25, -0.2) is 4.79 Å². The SMILES string of the molecule is COC(=O)c1ccc(Cn2cc(C=Nc3cc(Cl)ccc3OC)c3ccccc32)o1. The first-order chi connectivity index (χ1) is 14.6. The first-order valence-electron chi connectivity index (χ1n) is 9.21. The average molecular weight is 423 g/mol. The van der Waals surface area contributed by atoms with Gasteiger partial charge in [-0.1, -0.05) is 29.8 Å². The van der Waals surface area contributed by atoms with Crippen molar-refractivity contribution in [1.82, 2.24) is 4.57 Å². The van der Waals surface area contributed by atoms with Crippen LogP contribution in [0.15, 0.2) is 70.2 Å². The van der Waals surface area contributed by atoms with Crippen LogP contribution in [0, 0.1) is 0 Å². The molecule has 6 nitrogen and oxygen atoms in total. The lowest BCUT2D eigenvalue weighted by atomic mass is 10.2. The topological polar surface area (TPSA) is 66.0 Å². The summed E-state index contributed by atoms with van der Waals surface area (Å²) >= 11 is 6.10. The summed E-state index contributed by atoms with van der Waals surface area (Å²) in [5, 5.41) is 1.63. The van der Waals surface area contributed by atoms with Crippen molar-refractivity contribution in [3.05, 3.63) is 82.9 Å². The molecule has 0 amide bonds. The summed E-state index contributed by atoms with van der Waals surface area (Å²) < 4.78 is 17.7. The van der Waals surface area contributed by atoms with E-state index in [-0.39, 0.29) is 5.76 Å². The number of aliphatic imine (C=N–C) groups is 1. The lowest BCUT2D eigenvalue weighted by molar-refractivity contribution is 0.0563. The van der Waals surface area contributed by atoms with E-state index in [2.05, 4.69) is 4.99 Å². The van der Waals surface area contributed by atoms with Crippen LogP contribution in [0.2, 0.25) is 5.02 Å². The number of carbonyl (C=O) groups excluding carboxylic acids is 1. The lowest BCUT2D eigenvalue weighted by Crippen LogP contribution is -1.99. The van der Waals surface area contributed by atoms with Crippen LogP contribution in [0.1, 0.15) is 21.9 Å². The molecule has 0 bridgehead atoms. The number of nitrogens with zero attached hydrogens (tertiary/aromatic N) is 2. The molecule has 0 aliphatic carbocycles. The highest BCUT2D eigenvalue weighted by Crippen LogP contribution is 2.31. The van der Waals surface area contributed by atoms with Crippen molar-refractivity contribution in [3.63, 3.8) is 0 Å². The van der Waals surface area contributed by atoms with Gasteiger partial charge in [0.15, 0.2) is 0 Å². The number of furan rings is 1. The number of esters is 1. The first kappa shape index (κ1) is 19.8. The first-order valence-corrected chi connectivity index (χ1v) is 9.59. The van der Waals surface area contributed by atoms with E-state index in [4.69, 9.17) is 25.5 Å². The van der Waals surface area contributed by atoms with E-state index in [0.717, 1.165) is 16.5 Å². The standard InChI is InChI=1S/C23H19ClN2O4/c1-28-21-9-7-16(24)11-19(21)25-12-15-13-26(20-6-4-3-5-18(15)20)14-17-8-10-22(30-17)23(27)29-2/h3-13H,14H2,1-2H3. The third-order valence-corrected chi connectivity index (χ3v) is 4.91. The second-order valence-corrected chi connectivity index (χ2v) is 7.00. The van der Waals surface area contributed by atoms with Crippen molar-refractivity contribution in [2.45, 2.75) is 6.54 Å². The summed E-state index contributed by atoms with van der Waals surface area (Å²) in [6, 6.07) is 16.7. The molecule has 0 saturated carbocycles. The fourth-order valence-electron chi connectivity index (χ4n) is 3.25. The molecule has 30 heavy (non-hydrogen) atoms. The monoisotopic (exact) mass is 422 g/mol. The minimum absolute atomic E-state index is 0.179. The van der Waals surface area contributed by atoms with E-state index in [0.29, 0.717) is 28.8 Å². The molecule has 2 aromatic carbocycles. The Hall–Kier alpha value is -3.51. The Morgan fingerprint density at radius 1 is 1.17 bits per heavy atom. The van der Waals surface area contributed by atoms with Gasteiger partial charge in [0.2, 0.25) is 5.76 Å². The predicted octanol–water partition coefficient (Wildman–Crippen LogP) is 5.48. The van der Waals surface area contributed by atoms with Crippen LogP contribution in [-0.2, 0) is 11.3 Å². The van der Waals surface area contributed by atoms with Gasteiger partial charge in [-0.2, -0.15) is 0 Å². The molecule has 0 atom stereocenters. The van der Waals surface area contributed by atoms with Crippen LogP contribution in [0.5, 0.6) is 5.75 Å². The molecular formula is C23H19ClN2O4. The molecule has 0 unspecified atom stereocenters. The molecule has 152 valence electrons. The van der Waals surface area contributed by atoms with Crippen molar-refractivity contribution in [1.29, 1.82) is 0 Å². The second kappa shape index (κ2) is 8.47. The maximum Gasteiger partial charge on any atom is 0.373 e. The van der Waals surface area contributed by atoms with Crippen LogP contribution >= 0.6 is 11.6 Å². The molecule has 0 N–H and O–H groups in total. The zero-order valence-corrected chi connectivity index (χ0v) is 17.2. The minimum atomic E-state index is -0.498. The number of halogens is 1. The summed E-state index contributed by atoms with van der Waals surface area (Å²) in [7, 11) is 2.92. The maximum atomic E-state index is 11.6. The third kappa shape index (κ3) is 3.95. The number of hydrogen-bond donors (Lipinski definition) is 0. The Morgan fingerprint density at radius 3 is 2.80 bits per heavy atom. The lowest BCUT2D eigenvalue weighted by Gasteiger charge is -2.03. The highest BCUT2D eigenvalue weighted by molar-refractivity contribution is 6.30. The van der Waals surface area contributed by atoms with Gasteiger partial charge in [-0.05, 0) is 36.4 Å². The van der Waals surface area contributed by atoms with Gasteiger partial charge in [0.25, 0.3) is 0 Å². The Kier molecular flexibility index (Phi) is 5.59. The van der Waals surface area contributed by atoms with Gasteiger partial charge in [-0.15, -0.1) is 0 Å². The number of rotatable bonds is 6. The molecule has 0 aliphatic rings. The molecule has 0 spiro atoms. The molecule has 0 fully saturated rings. The van der Waals surface area contributed by atoms with Crippen LogP contribution in [0.3, 0.4) is 0 Å². The van der Waals surface area contributed by atoms with E-state index in [1.54, 1.807) is 43.7 Å². The Bertz CT molecular complexity index is 1240. The molecule has 0 saturated heterocycles. The van der Waals surface area contributed by atoms with Gasteiger partial charge in [0, 0.05) is 33.9 Å². The van der Waals surface area contributed by atoms with Crippen LogP contribution in [0.25, 0.3) is 10.9 Å². The van der Waals surface area contributed by atoms with E-state index in [1.165, 1.54) is 7.11 Å². The Labute approximate surface area is 178 Å². The highest BCUT2D eigenvalue weighted by Gasteiger charge is 2.13. The molecule has 7 heteroatoms. The fourth-order valence-corrected chi connectivity index (χ4v) is 3.42. The normalized spacial score (nSPS) is 11.3. The van der Waals surface area contributed by atoms with Crippen molar-refractivity contribution in [2.24, 2.45) is 4.99 Å². The summed E-state index contributed by atoms with van der Waals surface area (Å²) in [5.74, 6) is 0.974. The average Bonchev–Trinajstić information content (AvgIpc) is 3.37. The molecule has 4 rings (SSSR count). The predicted molar refractivity (Wildman–Crippen MR) is 116 cm³/mol. The Balaban J connectivity index is 1.68. The zero-order chi connectivity index (χ0) is 21.1. The minimum Gasteiger partial charge on any atom is -0.494 e. The van der Waals surface area contributed by atoms with E-state index < -0.39 is 5.97 Å². The number of fused-ring (bicyclic) bond motifs is 1. The van der Waals surface area contributed by atoms with Gasteiger partial charge >= 0.3 is 5.97 Å². The summed E-state index contributed by atoms with van der Waals surface area (Å²) in [6.45, 7) is 0.464. The number of methoxy groups -OCH3 is 2. The fraction of sp³-hybridized carbons (Fsp3) is 0.130. The summed E-state index contributed by atoms with van der Waals surface area (Å²) in [5.41, 5.74) is 2.61. The van der Waals surface area contributed by atoms with Gasteiger partial charge < -0.3 is 18.5 Å². The van der Waals surface area contributed by atoms with E-state index >= 15 is 0 Å². The number of ether oxygens (including phenoxy) is 2. The number of aromatic nitrogens is 1. The largest absolute Gasteiger partial charge is 0.494 e. The molecule has 2 aromatic heterocycles. The smallest absolute Gasteiger partial charge is 0.373 e. The van der Waals surface area contributed by atoms with Gasteiger partial charge in [0.05, 0.1) is 20.8 Å². The quantitative estimate of drug-likeness (QED) is 0.305. The van der Waals surface area contributed by atoms with Crippen LogP contribution < -0.4 is 4.74 Å². The second-order valence-electron chi connectivity index (χ2n) is 6.56. The van der Waals surface area contributed by atoms with Crippen LogP contribution in [-0.4, -0.2) is 31.0 Å². The summed E-state index contributed by atoms with van der Waals surface area (Å²) in [4.78, 5) is 16.2. The summed E-state index contributed by atoms with van der Waals surface area (Å²) in [6.07, 6.45) is 3.78. The zero-order valence-electron chi connectivity index (χ0n) is 16.5. The molecule has 2 heterocycles. The highest BCUT2D eigenvalue weighted by atomic mass is 35.5. The Morgan fingerprint density at radius 2 is 2.00 bits per heavy atom. The third-order valence-electron chi connectivity index (χ3n) is 4.68. The number of carbonyl (C=O) groups is 1. The molecule has 0 aliphatic heterocycles. The van der Waals surface area contributed by atoms with Gasteiger partial charge in [-0.3, -0.25) is 4.99 Å². The number of hydrogen-bond acceptors (Lipinski definition) is 5. The molecule has 4 aromatic rings. The number of benzene rings is 2. The van der Waals surface area contributed by atoms with Crippen molar-refractivity contribution in [2.75, 3.05) is 14.2 Å². The van der Waals surface area contributed by atoms with Crippen molar-refractivity contribution >= 4 is 40.4 Å². The van der Waals surface area contributed by atoms with E-state index in [1.807, 2.05) is 35.0 Å². The maximum absolute atomic E-state index is 11.6. The molecule has 0 radical (unpaired) electrons. The van der Waals surface area contributed by atoms with Gasteiger partial charge in [0.1, 0.15) is 17.2 Å². The van der Waals surface area contributed by atoms with E-state index in [9.17, 15) is 4.79 Å². The van der Waals surface area contributed by atoms with Crippen molar-refractivity contribution in [3.8, 4) is 5.75 Å². The van der Waals surface area contributed by atoms with Crippen molar-refractivity contribution < 1.29 is 18.7 Å². The van der Waals surface area contributed by atoms with Crippen LogP contribution in [0.4, 0.5) is 5.69 Å². The number of para-hydroxylation sites is 1. The molecular weight excluding hydrogens is 404 g/mol.